The molecule has 1 heterocycles. The van der Waals surface area contributed by atoms with Gasteiger partial charge >= 0.3 is 5.97 Å². The number of aromatic nitrogens is 2. The van der Waals surface area contributed by atoms with Crippen molar-refractivity contribution in [2.24, 2.45) is 5.92 Å². The maximum Gasteiger partial charge on any atom is 0.326 e. The number of hydrogen-bond acceptors (Lipinski definition) is 4. The van der Waals surface area contributed by atoms with Crippen LogP contribution in [0.15, 0.2) is 66.7 Å². The lowest BCUT2D eigenvalue weighted by atomic mass is 9.99. The van der Waals surface area contributed by atoms with Crippen LogP contribution >= 0.6 is 0 Å². The number of carboxylic acid groups (broad SMARTS) is 1. The fourth-order valence-electron chi connectivity index (χ4n) is 4.88. The normalized spacial score (nSPS) is 12.2. The van der Waals surface area contributed by atoms with Crippen molar-refractivity contribution in [2.45, 2.75) is 40.2 Å². The van der Waals surface area contributed by atoms with Crippen molar-refractivity contribution in [3.63, 3.8) is 0 Å². The van der Waals surface area contributed by atoms with Gasteiger partial charge in [0.15, 0.2) is 0 Å². The van der Waals surface area contributed by atoms with Gasteiger partial charge in [0.2, 0.25) is 0 Å². The number of aromatic hydroxyl groups is 1. The van der Waals surface area contributed by atoms with Crippen molar-refractivity contribution in [3.05, 3.63) is 83.4 Å². The molecule has 0 fully saturated rings. The molecule has 5 aromatic rings. The number of fused-ring (bicyclic) bond motifs is 3. The first kappa shape index (κ1) is 26.0. The van der Waals surface area contributed by atoms with E-state index in [2.05, 4.69) is 54.5 Å². The highest BCUT2D eigenvalue weighted by Crippen LogP contribution is 2.35. The van der Waals surface area contributed by atoms with Crippen LogP contribution in [-0.4, -0.2) is 38.1 Å². The standard InChI is InChI=1S/C32H31N3O4/c1-17(2)12-26(32(38)39)34-31(37)24-15-22-10-11-25-29(28(22)27(36)16-24)35-30(33-25)23-7-5-6-20(14-23)21-9-8-18(3)19(4)13-21/h5-11,13-17,26,36H,12H2,1-4H3,(H,33,35)(H,34,37)(H,38,39). The van der Waals surface area contributed by atoms with Crippen molar-refractivity contribution >= 4 is 33.7 Å². The molecule has 0 aliphatic rings. The highest BCUT2D eigenvalue weighted by molar-refractivity contribution is 6.11. The molecule has 5 rings (SSSR count). The first-order chi connectivity index (χ1) is 18.6. The third kappa shape index (κ3) is 5.21. The summed E-state index contributed by atoms with van der Waals surface area (Å²) < 4.78 is 0. The first-order valence-corrected chi connectivity index (χ1v) is 13.0. The van der Waals surface area contributed by atoms with Gasteiger partial charge in [-0.25, -0.2) is 9.78 Å². The van der Waals surface area contributed by atoms with E-state index in [4.69, 9.17) is 4.98 Å². The first-order valence-electron chi connectivity index (χ1n) is 13.0. The van der Waals surface area contributed by atoms with Crippen molar-refractivity contribution < 1.29 is 19.8 Å². The quantitative estimate of drug-likeness (QED) is 0.193. The number of nitrogens with zero attached hydrogens (tertiary/aromatic N) is 1. The number of carbonyl (C=O) groups excluding carboxylic acids is 1. The smallest absolute Gasteiger partial charge is 0.326 e. The predicted octanol–water partition coefficient (Wildman–Crippen LogP) is 6.60. The van der Waals surface area contributed by atoms with Gasteiger partial charge in [0.05, 0.1) is 10.9 Å². The average molecular weight is 522 g/mol. The predicted molar refractivity (Wildman–Crippen MR) is 154 cm³/mol. The highest BCUT2D eigenvalue weighted by Gasteiger charge is 2.23. The van der Waals surface area contributed by atoms with Crippen LogP contribution in [0.5, 0.6) is 5.75 Å². The van der Waals surface area contributed by atoms with Gasteiger partial charge in [0.1, 0.15) is 23.1 Å². The van der Waals surface area contributed by atoms with Crippen LogP contribution < -0.4 is 5.32 Å². The Labute approximate surface area is 226 Å². The highest BCUT2D eigenvalue weighted by atomic mass is 16.4. The largest absolute Gasteiger partial charge is 0.507 e. The van der Waals surface area contributed by atoms with E-state index in [9.17, 15) is 19.8 Å². The molecule has 7 nitrogen and oxygen atoms in total. The number of aromatic amines is 1. The summed E-state index contributed by atoms with van der Waals surface area (Å²) in [6.07, 6.45) is 0.308. The van der Waals surface area contributed by atoms with E-state index in [1.165, 1.54) is 17.2 Å². The van der Waals surface area contributed by atoms with E-state index in [-0.39, 0.29) is 17.2 Å². The van der Waals surface area contributed by atoms with E-state index < -0.39 is 17.9 Å². The molecule has 1 unspecified atom stereocenters. The summed E-state index contributed by atoms with van der Waals surface area (Å²) in [4.78, 5) is 32.7. The lowest BCUT2D eigenvalue weighted by molar-refractivity contribution is -0.139. The number of benzene rings is 4. The Morgan fingerprint density at radius 3 is 2.38 bits per heavy atom. The second-order valence-electron chi connectivity index (χ2n) is 10.5. The molecule has 0 aliphatic heterocycles. The molecular formula is C32H31N3O4. The molecule has 0 spiro atoms. The molecule has 1 aromatic heterocycles. The van der Waals surface area contributed by atoms with E-state index in [1.54, 1.807) is 6.07 Å². The zero-order chi connectivity index (χ0) is 27.8. The molecule has 0 saturated carbocycles. The van der Waals surface area contributed by atoms with Gasteiger partial charge in [0, 0.05) is 11.1 Å². The molecular weight excluding hydrogens is 490 g/mol. The lowest BCUT2D eigenvalue weighted by Crippen LogP contribution is -2.41. The number of aliphatic carboxylic acids is 1. The number of H-pyrrole nitrogens is 1. The van der Waals surface area contributed by atoms with Gasteiger partial charge < -0.3 is 20.5 Å². The van der Waals surface area contributed by atoms with E-state index >= 15 is 0 Å². The van der Waals surface area contributed by atoms with Crippen LogP contribution in [-0.2, 0) is 4.79 Å². The topological polar surface area (TPSA) is 115 Å². The summed E-state index contributed by atoms with van der Waals surface area (Å²) in [5.41, 5.74) is 7.13. The number of aryl methyl sites for hydroxylation is 2. The van der Waals surface area contributed by atoms with Gasteiger partial charge in [0.25, 0.3) is 5.91 Å². The molecule has 0 saturated heterocycles. The number of amides is 1. The molecule has 39 heavy (non-hydrogen) atoms. The minimum atomic E-state index is -1.09. The molecule has 0 bridgehead atoms. The van der Waals surface area contributed by atoms with Crippen molar-refractivity contribution in [3.8, 4) is 28.3 Å². The maximum atomic E-state index is 12.9. The van der Waals surface area contributed by atoms with Gasteiger partial charge in [-0.1, -0.05) is 56.3 Å². The summed E-state index contributed by atoms with van der Waals surface area (Å²) in [7, 11) is 0. The number of phenols is 1. The van der Waals surface area contributed by atoms with Crippen LogP contribution in [0.3, 0.4) is 0 Å². The van der Waals surface area contributed by atoms with Crippen LogP contribution in [0.25, 0.3) is 44.3 Å². The van der Waals surface area contributed by atoms with Gasteiger partial charge in [-0.3, -0.25) is 4.79 Å². The SMILES string of the molecule is Cc1ccc(-c2cccc(-c3nc4c(ccc5cc(C(=O)NC(CC(C)C)C(=O)O)cc(O)c54)[nH]3)c2)cc1C. The number of hydrogen-bond donors (Lipinski definition) is 4. The number of nitrogens with one attached hydrogen (secondary N) is 2. The summed E-state index contributed by atoms with van der Waals surface area (Å²) in [5, 5.41) is 24.2. The monoisotopic (exact) mass is 521 g/mol. The number of phenolic OH excluding ortho intramolecular Hbond substituents is 1. The fraction of sp³-hybridized carbons (Fsp3) is 0.219. The average Bonchev–Trinajstić information content (AvgIpc) is 3.34. The van der Waals surface area contributed by atoms with Crippen LogP contribution in [0.2, 0.25) is 0 Å². The molecule has 0 radical (unpaired) electrons. The molecule has 1 atom stereocenters. The summed E-state index contributed by atoms with van der Waals surface area (Å²) in [6.45, 7) is 7.99. The Bertz CT molecular complexity index is 1740. The fourth-order valence-corrected chi connectivity index (χ4v) is 4.88. The third-order valence-electron chi connectivity index (χ3n) is 7.10. The van der Waals surface area contributed by atoms with Gasteiger partial charge in [-0.05, 0) is 78.1 Å². The lowest BCUT2D eigenvalue weighted by Gasteiger charge is -2.17. The Morgan fingerprint density at radius 1 is 0.923 bits per heavy atom. The minimum absolute atomic E-state index is 0.0964. The Morgan fingerprint density at radius 2 is 1.67 bits per heavy atom. The van der Waals surface area contributed by atoms with Crippen molar-refractivity contribution in [1.82, 2.24) is 15.3 Å². The molecule has 198 valence electrons. The van der Waals surface area contributed by atoms with Crippen LogP contribution in [0.1, 0.15) is 41.8 Å². The number of carboxylic acids is 1. The van der Waals surface area contributed by atoms with Crippen LogP contribution in [0, 0.1) is 19.8 Å². The van der Waals surface area contributed by atoms with Crippen molar-refractivity contribution in [1.29, 1.82) is 0 Å². The second kappa shape index (κ2) is 10.3. The maximum absolute atomic E-state index is 12.9. The summed E-state index contributed by atoms with van der Waals surface area (Å²) in [6, 6.07) is 20.2. The Hall–Kier alpha value is -4.65. The zero-order valence-electron chi connectivity index (χ0n) is 22.4. The van der Waals surface area contributed by atoms with Gasteiger partial charge in [-0.15, -0.1) is 0 Å². The molecule has 4 N–H and O–H groups in total. The number of rotatable bonds is 7. The van der Waals surface area contributed by atoms with E-state index in [0.29, 0.717) is 28.5 Å². The number of imidazole rings is 1. The zero-order valence-corrected chi connectivity index (χ0v) is 22.4. The van der Waals surface area contributed by atoms with E-state index in [0.717, 1.165) is 22.2 Å². The Kier molecular flexibility index (Phi) is 6.83. The summed E-state index contributed by atoms with van der Waals surface area (Å²) >= 11 is 0. The molecule has 4 aromatic carbocycles. The summed E-state index contributed by atoms with van der Waals surface area (Å²) in [5.74, 6) is -0.968. The second-order valence-corrected chi connectivity index (χ2v) is 10.5. The molecule has 0 aliphatic carbocycles. The minimum Gasteiger partial charge on any atom is -0.507 e. The van der Waals surface area contributed by atoms with Gasteiger partial charge in [-0.2, -0.15) is 0 Å². The van der Waals surface area contributed by atoms with E-state index in [1.807, 2.05) is 38.1 Å². The van der Waals surface area contributed by atoms with Crippen molar-refractivity contribution in [2.75, 3.05) is 0 Å². The Balaban J connectivity index is 1.51. The molecule has 1 amide bonds. The third-order valence-corrected chi connectivity index (χ3v) is 7.10. The van der Waals surface area contributed by atoms with Crippen LogP contribution in [0.4, 0.5) is 0 Å². The molecule has 7 heteroatoms. The number of carbonyl (C=O) groups is 2.